The predicted molar refractivity (Wildman–Crippen MR) is 125 cm³/mol. The molecule has 6 nitrogen and oxygen atoms in total. The molecule has 6 heteroatoms. The van der Waals surface area contributed by atoms with Crippen LogP contribution >= 0.6 is 0 Å². The van der Waals surface area contributed by atoms with Gasteiger partial charge in [-0.3, -0.25) is 4.79 Å². The van der Waals surface area contributed by atoms with Crippen LogP contribution in [0.15, 0.2) is 54.1 Å². The van der Waals surface area contributed by atoms with Gasteiger partial charge < -0.3 is 19.8 Å². The van der Waals surface area contributed by atoms with Crippen molar-refractivity contribution in [2.24, 2.45) is 17.8 Å². The number of rotatable bonds is 2. The molecule has 0 aromatic heterocycles. The second-order valence-corrected chi connectivity index (χ2v) is 9.08. The number of ether oxygens (including phenoxy) is 1. The van der Waals surface area contributed by atoms with E-state index in [0.29, 0.717) is 6.42 Å². The molecule has 0 fully saturated rings. The molecule has 1 heterocycles. The van der Waals surface area contributed by atoms with E-state index in [4.69, 9.17) is 4.74 Å². The summed E-state index contributed by atoms with van der Waals surface area (Å²) in [6, 6.07) is 8.66. The summed E-state index contributed by atoms with van der Waals surface area (Å²) in [5, 5.41) is 21.5. The summed E-state index contributed by atoms with van der Waals surface area (Å²) in [6.45, 7) is 9.10. The molecule has 2 N–H and O–H groups in total. The predicted octanol–water partition coefficient (Wildman–Crippen LogP) is 3.13. The fraction of sp³-hybridized carbons (Fsp3) is 0.538. The van der Waals surface area contributed by atoms with Crippen molar-refractivity contribution in [3.63, 3.8) is 0 Å². The summed E-state index contributed by atoms with van der Waals surface area (Å²) >= 11 is 0. The Morgan fingerprint density at radius 1 is 1.00 bits per heavy atom. The Morgan fingerprint density at radius 2 is 1.62 bits per heavy atom. The van der Waals surface area contributed by atoms with Crippen molar-refractivity contribution < 1.29 is 24.5 Å². The summed E-state index contributed by atoms with van der Waals surface area (Å²) in [5.41, 5.74) is 1.64. The number of benzene rings is 1. The minimum atomic E-state index is -0.816. The molecule has 0 bridgehead atoms. The zero-order chi connectivity index (χ0) is 24.0. The van der Waals surface area contributed by atoms with Crippen molar-refractivity contribution in [2.75, 3.05) is 7.05 Å². The van der Waals surface area contributed by atoms with Gasteiger partial charge in [0.2, 0.25) is 5.91 Å². The van der Waals surface area contributed by atoms with Gasteiger partial charge in [0.05, 0.1) is 12.2 Å². The Morgan fingerprint density at radius 3 is 2.25 bits per heavy atom. The van der Waals surface area contributed by atoms with E-state index in [9.17, 15) is 19.8 Å². The van der Waals surface area contributed by atoms with Gasteiger partial charge in [-0.1, -0.05) is 63.3 Å². The van der Waals surface area contributed by atoms with Gasteiger partial charge in [0.25, 0.3) is 0 Å². The zero-order valence-electron chi connectivity index (χ0n) is 19.9. The third-order valence-electron chi connectivity index (χ3n) is 6.51. The Kier molecular flexibility index (Phi) is 9.22. The number of amides is 1. The molecule has 0 radical (unpaired) electrons. The molecule has 0 saturated carbocycles. The molecular formula is C26H37NO5. The van der Waals surface area contributed by atoms with Crippen molar-refractivity contribution >= 4 is 11.9 Å². The number of hydrogen-bond donors (Lipinski definition) is 2. The second kappa shape index (κ2) is 11.4. The van der Waals surface area contributed by atoms with E-state index in [1.54, 1.807) is 20.0 Å². The first kappa shape index (κ1) is 25.8. The van der Waals surface area contributed by atoms with Crippen LogP contribution in [0, 0.1) is 17.8 Å². The zero-order valence-corrected chi connectivity index (χ0v) is 19.9. The molecule has 0 saturated heterocycles. The molecule has 0 unspecified atom stereocenters. The Labute approximate surface area is 191 Å². The van der Waals surface area contributed by atoms with Gasteiger partial charge in [0, 0.05) is 31.2 Å². The summed E-state index contributed by atoms with van der Waals surface area (Å²) in [5.74, 6) is -1.74. The number of likely N-dealkylation sites (N-methyl/N-ethyl adjacent to an activating group) is 1. The molecule has 1 aromatic rings. The molecule has 1 aliphatic heterocycles. The number of nitrogens with zero attached hydrogens (tertiary/aromatic N) is 1. The van der Waals surface area contributed by atoms with Gasteiger partial charge in [-0.15, -0.1) is 0 Å². The van der Waals surface area contributed by atoms with E-state index >= 15 is 0 Å². The van der Waals surface area contributed by atoms with Crippen LogP contribution in [0.25, 0.3) is 0 Å². The van der Waals surface area contributed by atoms with E-state index < -0.39 is 30.3 Å². The van der Waals surface area contributed by atoms with Crippen molar-refractivity contribution in [1.29, 1.82) is 0 Å². The van der Waals surface area contributed by atoms with Crippen LogP contribution in [0.4, 0.5) is 0 Å². The first-order valence-electron chi connectivity index (χ1n) is 11.3. The number of cyclic esters (lactones) is 1. The molecule has 2 rings (SSSR count). The van der Waals surface area contributed by atoms with E-state index in [1.165, 1.54) is 11.0 Å². The maximum Gasteiger partial charge on any atom is 0.329 e. The van der Waals surface area contributed by atoms with Crippen LogP contribution in [-0.2, 0) is 20.7 Å². The summed E-state index contributed by atoms with van der Waals surface area (Å²) < 4.78 is 5.74. The topological polar surface area (TPSA) is 87.1 Å². The average molecular weight is 444 g/mol. The molecular weight excluding hydrogens is 406 g/mol. The SMILES string of the molecule is CC1=C[C@H](C)[C@@H](O)[C@@H](C)[C@H](C)OC(=O)[C@H](Cc2ccccc2)N(C)C(=O)C=C[C@@H](C)[C@@H]1O. The third-order valence-corrected chi connectivity index (χ3v) is 6.51. The molecule has 1 aromatic carbocycles. The van der Waals surface area contributed by atoms with Gasteiger partial charge in [-0.25, -0.2) is 4.79 Å². The number of aliphatic hydroxyl groups is 2. The van der Waals surface area contributed by atoms with Crippen molar-refractivity contribution in [1.82, 2.24) is 4.90 Å². The fourth-order valence-electron chi connectivity index (χ4n) is 3.98. The highest BCUT2D eigenvalue weighted by atomic mass is 16.5. The number of carbonyl (C=O) groups excluding carboxylic acids is 2. The number of hydrogen-bond acceptors (Lipinski definition) is 5. The van der Waals surface area contributed by atoms with Gasteiger partial charge in [-0.2, -0.15) is 0 Å². The third kappa shape index (κ3) is 6.53. The Balaban J connectivity index is 2.42. The molecule has 0 spiro atoms. The van der Waals surface area contributed by atoms with Crippen LogP contribution < -0.4 is 0 Å². The highest BCUT2D eigenvalue weighted by Gasteiger charge is 2.33. The first-order chi connectivity index (χ1) is 15.0. The van der Waals surface area contributed by atoms with E-state index in [1.807, 2.05) is 64.1 Å². The molecule has 1 amide bonds. The summed E-state index contributed by atoms with van der Waals surface area (Å²) in [7, 11) is 1.58. The first-order valence-corrected chi connectivity index (χ1v) is 11.3. The molecule has 7 atom stereocenters. The normalized spacial score (nSPS) is 33.2. The van der Waals surface area contributed by atoms with Gasteiger partial charge in [0.1, 0.15) is 12.1 Å². The minimum Gasteiger partial charge on any atom is -0.461 e. The fourth-order valence-corrected chi connectivity index (χ4v) is 3.98. The molecule has 176 valence electrons. The lowest BCUT2D eigenvalue weighted by Gasteiger charge is -2.31. The smallest absolute Gasteiger partial charge is 0.329 e. The van der Waals surface area contributed by atoms with Gasteiger partial charge >= 0.3 is 5.97 Å². The number of aliphatic hydroxyl groups excluding tert-OH is 2. The molecule has 0 aliphatic carbocycles. The van der Waals surface area contributed by atoms with Crippen molar-refractivity contribution in [3.05, 3.63) is 59.7 Å². The average Bonchev–Trinajstić information content (AvgIpc) is 2.78. The molecule has 1 aliphatic rings. The summed E-state index contributed by atoms with van der Waals surface area (Å²) in [4.78, 5) is 27.4. The lowest BCUT2D eigenvalue weighted by atomic mass is 9.87. The summed E-state index contributed by atoms with van der Waals surface area (Å²) in [6.07, 6.45) is 3.11. The number of esters is 1. The van der Waals surface area contributed by atoms with Gasteiger partial charge in [0.15, 0.2) is 0 Å². The highest BCUT2D eigenvalue weighted by molar-refractivity contribution is 5.91. The van der Waals surface area contributed by atoms with E-state index in [0.717, 1.165) is 11.1 Å². The lowest BCUT2D eigenvalue weighted by Crippen LogP contribution is -2.46. The number of carbonyl (C=O) groups is 2. The molecule has 32 heavy (non-hydrogen) atoms. The monoisotopic (exact) mass is 443 g/mol. The Bertz CT molecular complexity index is 834. The second-order valence-electron chi connectivity index (χ2n) is 9.08. The van der Waals surface area contributed by atoms with Crippen molar-refractivity contribution in [3.8, 4) is 0 Å². The lowest BCUT2D eigenvalue weighted by molar-refractivity contribution is -0.161. The van der Waals surface area contributed by atoms with Gasteiger partial charge in [-0.05, 0) is 31.1 Å². The van der Waals surface area contributed by atoms with Crippen LogP contribution in [0.3, 0.4) is 0 Å². The van der Waals surface area contributed by atoms with Crippen LogP contribution in [-0.4, -0.2) is 58.4 Å². The maximum absolute atomic E-state index is 13.2. The standard InChI is InChI=1S/C26H37NO5/c1-16-12-13-23(28)27(6)22(15-21-10-8-7-9-11-21)26(31)32-20(5)19(4)25(30)18(3)14-17(2)24(16)29/h7-14,16,18-20,22,24-25,29-30H,15H2,1-6H3/t16-,18+,19+,20+,22+,24+,25-/m1/s1. The van der Waals surface area contributed by atoms with E-state index in [2.05, 4.69) is 0 Å². The quantitative estimate of drug-likeness (QED) is 0.542. The van der Waals surface area contributed by atoms with Crippen LogP contribution in [0.1, 0.15) is 40.2 Å². The van der Waals surface area contributed by atoms with E-state index in [-0.39, 0.29) is 23.7 Å². The maximum atomic E-state index is 13.2. The minimum absolute atomic E-state index is 0.244. The highest BCUT2D eigenvalue weighted by Crippen LogP contribution is 2.24. The van der Waals surface area contributed by atoms with Crippen LogP contribution in [0.2, 0.25) is 0 Å². The largest absolute Gasteiger partial charge is 0.461 e. The van der Waals surface area contributed by atoms with Crippen LogP contribution in [0.5, 0.6) is 0 Å². The Hall–Kier alpha value is -2.44. The van der Waals surface area contributed by atoms with Crippen molar-refractivity contribution in [2.45, 2.75) is 65.4 Å².